The number of amides is 2. The van der Waals surface area contributed by atoms with Crippen LogP contribution >= 0.6 is 35.0 Å². The van der Waals surface area contributed by atoms with Gasteiger partial charge in [-0.3, -0.25) is 9.59 Å². The topological polar surface area (TPSA) is 49.4 Å². The SMILES string of the molecule is CC[C@H](C(=O)NC1CCCCC1)N(CCc1ccccc1)C(=O)CSCc1c(Cl)cccc1Cl. The maximum Gasteiger partial charge on any atom is 0.243 e. The van der Waals surface area contributed by atoms with E-state index in [-0.39, 0.29) is 23.6 Å². The fourth-order valence-corrected chi connectivity index (χ4v) is 6.08. The summed E-state index contributed by atoms with van der Waals surface area (Å²) in [4.78, 5) is 28.4. The van der Waals surface area contributed by atoms with Crippen LogP contribution in [0.2, 0.25) is 10.0 Å². The number of benzene rings is 2. The van der Waals surface area contributed by atoms with E-state index in [2.05, 4.69) is 17.4 Å². The third-order valence-electron chi connectivity index (χ3n) is 6.36. The molecule has 2 aromatic rings. The van der Waals surface area contributed by atoms with E-state index < -0.39 is 6.04 Å². The number of carbonyl (C=O) groups excluding carboxylic acids is 2. The maximum absolute atomic E-state index is 13.4. The Bertz CT molecular complexity index is 915. The van der Waals surface area contributed by atoms with Crippen LogP contribution in [0.1, 0.15) is 56.6 Å². The van der Waals surface area contributed by atoms with E-state index in [1.54, 1.807) is 17.0 Å². The van der Waals surface area contributed by atoms with Gasteiger partial charge in [-0.1, -0.05) is 85.8 Å². The van der Waals surface area contributed by atoms with Crippen molar-refractivity contribution in [1.29, 1.82) is 0 Å². The van der Waals surface area contributed by atoms with Gasteiger partial charge in [-0.25, -0.2) is 0 Å². The number of nitrogens with zero attached hydrogens (tertiary/aromatic N) is 1. The molecule has 2 aromatic carbocycles. The van der Waals surface area contributed by atoms with Gasteiger partial charge in [-0.05, 0) is 48.9 Å². The Hall–Kier alpha value is -1.69. The van der Waals surface area contributed by atoms with Crippen molar-refractivity contribution in [2.75, 3.05) is 12.3 Å². The second kappa shape index (κ2) is 14.0. The number of thioether (sulfide) groups is 1. The molecule has 0 aromatic heterocycles. The van der Waals surface area contributed by atoms with E-state index in [1.165, 1.54) is 18.2 Å². The largest absolute Gasteiger partial charge is 0.352 e. The molecule has 7 heteroatoms. The molecule has 0 spiro atoms. The Morgan fingerprint density at radius 1 is 1.03 bits per heavy atom. The van der Waals surface area contributed by atoms with Crippen LogP contribution in [0.3, 0.4) is 0 Å². The summed E-state index contributed by atoms with van der Waals surface area (Å²) in [6, 6.07) is 15.3. The fraction of sp³-hybridized carbons (Fsp3) is 0.481. The summed E-state index contributed by atoms with van der Waals surface area (Å²) in [6.45, 7) is 2.48. The molecule has 0 bridgehead atoms. The first kappa shape index (κ1) is 26.9. The van der Waals surface area contributed by atoms with Crippen molar-refractivity contribution in [3.8, 4) is 0 Å². The third-order valence-corrected chi connectivity index (χ3v) is 8.01. The molecule has 0 unspecified atom stereocenters. The lowest BCUT2D eigenvalue weighted by Gasteiger charge is -2.32. The molecule has 1 saturated carbocycles. The molecule has 0 aliphatic heterocycles. The Labute approximate surface area is 217 Å². The van der Waals surface area contributed by atoms with Gasteiger partial charge < -0.3 is 10.2 Å². The lowest BCUT2D eigenvalue weighted by molar-refractivity contribution is -0.139. The molecule has 1 aliphatic carbocycles. The van der Waals surface area contributed by atoms with Crippen LogP contribution in [-0.4, -0.2) is 41.1 Å². The quantitative estimate of drug-likeness (QED) is 0.366. The first-order valence-corrected chi connectivity index (χ1v) is 14.0. The predicted molar refractivity (Wildman–Crippen MR) is 144 cm³/mol. The van der Waals surface area contributed by atoms with Crippen molar-refractivity contribution in [3.05, 3.63) is 69.7 Å². The first-order chi connectivity index (χ1) is 16.5. The lowest BCUT2D eigenvalue weighted by atomic mass is 9.95. The highest BCUT2D eigenvalue weighted by atomic mass is 35.5. The minimum absolute atomic E-state index is 0.0324. The summed E-state index contributed by atoms with van der Waals surface area (Å²) in [5.41, 5.74) is 1.99. The zero-order valence-electron chi connectivity index (χ0n) is 19.8. The monoisotopic (exact) mass is 520 g/mol. The van der Waals surface area contributed by atoms with Crippen LogP contribution in [0, 0.1) is 0 Å². The first-order valence-electron chi connectivity index (χ1n) is 12.1. The van der Waals surface area contributed by atoms with Crippen LogP contribution in [0.15, 0.2) is 48.5 Å². The molecular weight excluding hydrogens is 487 g/mol. The summed E-state index contributed by atoms with van der Waals surface area (Å²) in [6.07, 6.45) is 6.88. The number of hydrogen-bond donors (Lipinski definition) is 1. The molecular formula is C27H34Cl2N2O2S. The highest BCUT2D eigenvalue weighted by Gasteiger charge is 2.30. The van der Waals surface area contributed by atoms with Crippen molar-refractivity contribution in [2.45, 2.75) is 69.7 Å². The van der Waals surface area contributed by atoms with E-state index >= 15 is 0 Å². The van der Waals surface area contributed by atoms with E-state index in [4.69, 9.17) is 23.2 Å². The van der Waals surface area contributed by atoms with Gasteiger partial charge in [0, 0.05) is 28.4 Å². The summed E-state index contributed by atoms with van der Waals surface area (Å²) in [5.74, 6) is 0.746. The summed E-state index contributed by atoms with van der Waals surface area (Å²) >= 11 is 14.0. The number of rotatable bonds is 11. The molecule has 34 heavy (non-hydrogen) atoms. The average Bonchev–Trinajstić information content (AvgIpc) is 2.84. The Morgan fingerprint density at radius 3 is 2.35 bits per heavy atom. The van der Waals surface area contributed by atoms with Gasteiger partial charge in [0.15, 0.2) is 0 Å². The Kier molecular flexibility index (Phi) is 11.1. The second-order valence-corrected chi connectivity index (χ2v) is 10.6. The number of hydrogen-bond acceptors (Lipinski definition) is 3. The summed E-state index contributed by atoms with van der Waals surface area (Å²) in [5, 5.41) is 4.43. The van der Waals surface area contributed by atoms with Gasteiger partial charge in [-0.2, -0.15) is 0 Å². The molecule has 1 fully saturated rings. The normalized spacial score (nSPS) is 15.0. The number of nitrogens with one attached hydrogen (secondary N) is 1. The molecule has 0 heterocycles. The van der Waals surface area contributed by atoms with Crippen LogP contribution in [0.4, 0.5) is 0 Å². The zero-order valence-corrected chi connectivity index (χ0v) is 22.1. The average molecular weight is 522 g/mol. The molecule has 3 rings (SSSR count). The van der Waals surface area contributed by atoms with Crippen LogP contribution < -0.4 is 5.32 Å². The molecule has 0 radical (unpaired) electrons. The highest BCUT2D eigenvalue weighted by molar-refractivity contribution is 7.99. The zero-order chi connectivity index (χ0) is 24.3. The molecule has 0 saturated heterocycles. The summed E-state index contributed by atoms with van der Waals surface area (Å²) in [7, 11) is 0. The molecule has 1 atom stereocenters. The summed E-state index contributed by atoms with van der Waals surface area (Å²) < 4.78 is 0. The van der Waals surface area contributed by atoms with Crippen LogP contribution in [-0.2, 0) is 21.8 Å². The van der Waals surface area contributed by atoms with E-state index in [0.717, 1.165) is 36.8 Å². The van der Waals surface area contributed by atoms with E-state index in [1.807, 2.05) is 31.2 Å². The van der Waals surface area contributed by atoms with E-state index in [9.17, 15) is 9.59 Å². The van der Waals surface area contributed by atoms with E-state index in [0.29, 0.717) is 35.2 Å². The lowest BCUT2D eigenvalue weighted by Crippen LogP contribution is -2.52. The fourth-order valence-electron chi connectivity index (χ4n) is 4.43. The van der Waals surface area contributed by atoms with Gasteiger partial charge in [0.25, 0.3) is 0 Å². The minimum Gasteiger partial charge on any atom is -0.352 e. The van der Waals surface area contributed by atoms with Crippen molar-refractivity contribution in [3.63, 3.8) is 0 Å². The van der Waals surface area contributed by atoms with Gasteiger partial charge in [0.1, 0.15) is 6.04 Å². The van der Waals surface area contributed by atoms with Crippen molar-refractivity contribution < 1.29 is 9.59 Å². The second-order valence-electron chi connectivity index (χ2n) is 8.78. The van der Waals surface area contributed by atoms with Gasteiger partial charge >= 0.3 is 0 Å². The Balaban J connectivity index is 1.67. The third kappa shape index (κ3) is 7.93. The van der Waals surface area contributed by atoms with Crippen LogP contribution in [0.25, 0.3) is 0 Å². The molecule has 184 valence electrons. The number of halogens is 2. The Morgan fingerprint density at radius 2 is 1.71 bits per heavy atom. The van der Waals surface area contributed by atoms with Gasteiger partial charge in [0.2, 0.25) is 11.8 Å². The van der Waals surface area contributed by atoms with Crippen molar-refractivity contribution in [2.24, 2.45) is 0 Å². The standard InChI is InChI=1S/C27H34Cl2N2O2S/c1-2-25(27(33)30-21-12-7-4-8-13-21)31(17-16-20-10-5-3-6-11-20)26(32)19-34-18-22-23(28)14-9-15-24(22)29/h3,5-6,9-11,14-15,21,25H,2,4,7-8,12-13,16-19H2,1H3,(H,30,33)/t25-/m1/s1. The van der Waals surface area contributed by atoms with Crippen molar-refractivity contribution >= 4 is 46.8 Å². The maximum atomic E-state index is 13.4. The smallest absolute Gasteiger partial charge is 0.243 e. The highest BCUT2D eigenvalue weighted by Crippen LogP contribution is 2.28. The van der Waals surface area contributed by atoms with Gasteiger partial charge in [-0.15, -0.1) is 11.8 Å². The molecule has 1 aliphatic rings. The predicted octanol–water partition coefficient (Wildman–Crippen LogP) is 6.53. The van der Waals surface area contributed by atoms with Crippen LogP contribution in [0.5, 0.6) is 0 Å². The molecule has 2 amide bonds. The van der Waals surface area contributed by atoms with Gasteiger partial charge in [0.05, 0.1) is 5.75 Å². The number of carbonyl (C=O) groups is 2. The van der Waals surface area contributed by atoms with Crippen molar-refractivity contribution in [1.82, 2.24) is 10.2 Å². The molecule has 1 N–H and O–H groups in total. The minimum atomic E-state index is -0.470. The molecule has 4 nitrogen and oxygen atoms in total.